The van der Waals surface area contributed by atoms with Crippen molar-refractivity contribution in [1.29, 1.82) is 0 Å². The normalized spacial score (nSPS) is 19.6. The molecule has 0 saturated carbocycles. The summed E-state index contributed by atoms with van der Waals surface area (Å²) in [6, 6.07) is 9.32. The van der Waals surface area contributed by atoms with Gasteiger partial charge in [-0.05, 0) is 25.5 Å². The number of ether oxygens (including phenoxy) is 1. The van der Waals surface area contributed by atoms with E-state index in [2.05, 4.69) is 10.3 Å². The standard InChI is InChI=1S/C16H18N2O3/c1-10(12-6-7-21-9-12)17-15-13(16(19)20)8-11-4-2-3-5-14(11)18-15/h2-5,8,10,12H,6-7,9H2,1H3,(H,17,18)(H,19,20). The van der Waals surface area contributed by atoms with Crippen LogP contribution in [0, 0.1) is 5.92 Å². The summed E-state index contributed by atoms with van der Waals surface area (Å²) in [6.07, 6.45) is 0.990. The second-order valence-electron chi connectivity index (χ2n) is 5.44. The van der Waals surface area contributed by atoms with Crippen molar-refractivity contribution in [3.63, 3.8) is 0 Å². The Balaban J connectivity index is 1.95. The Hall–Kier alpha value is -2.14. The third-order valence-corrected chi connectivity index (χ3v) is 3.99. The predicted octanol–water partition coefficient (Wildman–Crippen LogP) is 2.77. The van der Waals surface area contributed by atoms with Gasteiger partial charge in [-0.1, -0.05) is 18.2 Å². The van der Waals surface area contributed by atoms with Crippen molar-refractivity contribution < 1.29 is 14.6 Å². The van der Waals surface area contributed by atoms with Gasteiger partial charge in [0.1, 0.15) is 11.4 Å². The zero-order chi connectivity index (χ0) is 14.8. The first-order valence-electron chi connectivity index (χ1n) is 7.12. The molecule has 1 aliphatic heterocycles. The van der Waals surface area contributed by atoms with Crippen LogP contribution in [0.15, 0.2) is 30.3 Å². The molecule has 5 nitrogen and oxygen atoms in total. The van der Waals surface area contributed by atoms with Crippen LogP contribution in [0.3, 0.4) is 0 Å². The molecule has 0 radical (unpaired) electrons. The number of nitrogens with zero attached hydrogens (tertiary/aromatic N) is 1. The number of pyridine rings is 1. The van der Waals surface area contributed by atoms with Gasteiger partial charge in [0, 0.05) is 24.0 Å². The highest BCUT2D eigenvalue weighted by Gasteiger charge is 2.24. The van der Waals surface area contributed by atoms with Crippen molar-refractivity contribution >= 4 is 22.7 Å². The zero-order valence-corrected chi connectivity index (χ0v) is 11.9. The molecule has 0 amide bonds. The minimum absolute atomic E-state index is 0.124. The maximum atomic E-state index is 11.5. The molecule has 1 saturated heterocycles. The lowest BCUT2D eigenvalue weighted by molar-refractivity contribution is 0.0697. The van der Waals surface area contributed by atoms with Gasteiger partial charge in [0.05, 0.1) is 12.1 Å². The summed E-state index contributed by atoms with van der Waals surface area (Å²) < 4.78 is 5.39. The Bertz CT molecular complexity index is 666. The Morgan fingerprint density at radius 2 is 2.29 bits per heavy atom. The molecule has 2 heterocycles. The highest BCUT2D eigenvalue weighted by atomic mass is 16.5. The van der Waals surface area contributed by atoms with Gasteiger partial charge in [0.15, 0.2) is 0 Å². The monoisotopic (exact) mass is 286 g/mol. The van der Waals surface area contributed by atoms with Crippen molar-refractivity contribution in [2.75, 3.05) is 18.5 Å². The van der Waals surface area contributed by atoms with E-state index in [1.807, 2.05) is 31.2 Å². The number of hydrogen-bond acceptors (Lipinski definition) is 4. The van der Waals surface area contributed by atoms with E-state index < -0.39 is 5.97 Å². The SMILES string of the molecule is CC(Nc1nc2ccccc2cc1C(=O)O)C1CCOC1. The summed E-state index contributed by atoms with van der Waals surface area (Å²) in [5, 5.41) is 13.5. The minimum atomic E-state index is -0.967. The van der Waals surface area contributed by atoms with Crippen LogP contribution in [0.1, 0.15) is 23.7 Å². The average Bonchev–Trinajstić information content (AvgIpc) is 3.00. The number of hydrogen-bond donors (Lipinski definition) is 2. The molecule has 1 aliphatic rings. The van der Waals surface area contributed by atoms with Crippen LogP contribution in [0.25, 0.3) is 10.9 Å². The minimum Gasteiger partial charge on any atom is -0.478 e. The number of aromatic carboxylic acids is 1. The lowest BCUT2D eigenvalue weighted by Crippen LogP contribution is -2.27. The first-order valence-corrected chi connectivity index (χ1v) is 7.12. The van der Waals surface area contributed by atoms with Crippen LogP contribution >= 0.6 is 0 Å². The fourth-order valence-corrected chi connectivity index (χ4v) is 2.67. The van der Waals surface area contributed by atoms with Crippen LogP contribution in [-0.4, -0.2) is 35.3 Å². The Labute approximate surface area is 123 Å². The van der Waals surface area contributed by atoms with Crippen LogP contribution < -0.4 is 5.32 Å². The molecular formula is C16H18N2O3. The highest BCUT2D eigenvalue weighted by Crippen LogP contribution is 2.24. The first kappa shape index (κ1) is 13.8. The Morgan fingerprint density at radius 1 is 1.48 bits per heavy atom. The van der Waals surface area contributed by atoms with Crippen LogP contribution in [0.5, 0.6) is 0 Å². The molecule has 1 fully saturated rings. The van der Waals surface area contributed by atoms with E-state index in [0.29, 0.717) is 18.3 Å². The van der Waals surface area contributed by atoms with E-state index in [9.17, 15) is 9.90 Å². The van der Waals surface area contributed by atoms with Crippen molar-refractivity contribution in [3.05, 3.63) is 35.9 Å². The van der Waals surface area contributed by atoms with Crippen molar-refractivity contribution in [2.45, 2.75) is 19.4 Å². The molecule has 0 bridgehead atoms. The number of carboxylic acid groups (broad SMARTS) is 1. The van der Waals surface area contributed by atoms with Gasteiger partial charge in [0.2, 0.25) is 0 Å². The highest BCUT2D eigenvalue weighted by molar-refractivity contribution is 5.98. The van der Waals surface area contributed by atoms with Gasteiger partial charge in [-0.3, -0.25) is 0 Å². The summed E-state index contributed by atoms with van der Waals surface area (Å²) in [7, 11) is 0. The quantitative estimate of drug-likeness (QED) is 0.904. The molecule has 2 atom stereocenters. The lowest BCUT2D eigenvalue weighted by Gasteiger charge is -2.21. The number of carbonyl (C=O) groups is 1. The molecule has 21 heavy (non-hydrogen) atoms. The summed E-state index contributed by atoms with van der Waals surface area (Å²) >= 11 is 0. The zero-order valence-electron chi connectivity index (χ0n) is 11.9. The number of benzene rings is 1. The topological polar surface area (TPSA) is 71.5 Å². The molecule has 2 unspecified atom stereocenters. The van der Waals surface area contributed by atoms with E-state index in [4.69, 9.17) is 4.74 Å². The predicted molar refractivity (Wildman–Crippen MR) is 80.7 cm³/mol. The number of fused-ring (bicyclic) bond motifs is 1. The molecule has 1 aromatic heterocycles. The first-order chi connectivity index (χ1) is 10.1. The van der Waals surface area contributed by atoms with Crippen molar-refractivity contribution in [1.82, 2.24) is 4.98 Å². The number of rotatable bonds is 4. The number of carboxylic acids is 1. The van der Waals surface area contributed by atoms with Crippen LogP contribution in [0.4, 0.5) is 5.82 Å². The van der Waals surface area contributed by atoms with Gasteiger partial charge < -0.3 is 15.2 Å². The average molecular weight is 286 g/mol. The van der Waals surface area contributed by atoms with Crippen molar-refractivity contribution in [3.8, 4) is 0 Å². The van der Waals surface area contributed by atoms with Gasteiger partial charge in [-0.2, -0.15) is 0 Å². The number of anilines is 1. The molecule has 0 aliphatic carbocycles. The smallest absolute Gasteiger partial charge is 0.339 e. The van der Waals surface area contributed by atoms with Crippen LogP contribution in [-0.2, 0) is 4.74 Å². The summed E-state index contributed by atoms with van der Waals surface area (Å²) in [5.74, 6) is -0.147. The van der Waals surface area contributed by atoms with E-state index >= 15 is 0 Å². The molecule has 110 valence electrons. The fraction of sp³-hybridized carbons (Fsp3) is 0.375. The fourth-order valence-electron chi connectivity index (χ4n) is 2.67. The molecule has 0 spiro atoms. The molecule has 2 N–H and O–H groups in total. The number of para-hydroxylation sites is 1. The van der Waals surface area contributed by atoms with Gasteiger partial charge in [-0.15, -0.1) is 0 Å². The van der Waals surface area contributed by atoms with E-state index in [-0.39, 0.29) is 11.6 Å². The maximum Gasteiger partial charge on any atom is 0.339 e. The summed E-state index contributed by atoms with van der Waals surface area (Å²) in [6.45, 7) is 3.53. The van der Waals surface area contributed by atoms with Gasteiger partial charge >= 0.3 is 5.97 Å². The summed E-state index contributed by atoms with van der Waals surface area (Å²) in [4.78, 5) is 15.9. The molecule has 5 heteroatoms. The second kappa shape index (κ2) is 5.69. The van der Waals surface area contributed by atoms with Crippen molar-refractivity contribution in [2.24, 2.45) is 5.92 Å². The molecular weight excluding hydrogens is 268 g/mol. The summed E-state index contributed by atoms with van der Waals surface area (Å²) in [5.41, 5.74) is 0.999. The molecule has 2 aromatic rings. The number of nitrogens with one attached hydrogen (secondary N) is 1. The third-order valence-electron chi connectivity index (χ3n) is 3.99. The Kier molecular flexibility index (Phi) is 3.75. The molecule has 1 aromatic carbocycles. The van der Waals surface area contributed by atoms with E-state index in [1.165, 1.54) is 0 Å². The number of aromatic nitrogens is 1. The maximum absolute atomic E-state index is 11.5. The lowest BCUT2D eigenvalue weighted by atomic mass is 10.0. The van der Waals surface area contributed by atoms with Gasteiger partial charge in [-0.25, -0.2) is 9.78 Å². The van der Waals surface area contributed by atoms with E-state index in [1.54, 1.807) is 6.07 Å². The van der Waals surface area contributed by atoms with Crippen LogP contribution in [0.2, 0.25) is 0 Å². The van der Waals surface area contributed by atoms with E-state index in [0.717, 1.165) is 23.9 Å². The second-order valence-corrected chi connectivity index (χ2v) is 5.44. The molecule has 3 rings (SSSR count). The Morgan fingerprint density at radius 3 is 3.00 bits per heavy atom. The largest absolute Gasteiger partial charge is 0.478 e. The van der Waals surface area contributed by atoms with Gasteiger partial charge in [0.25, 0.3) is 0 Å². The third kappa shape index (κ3) is 2.83.